The van der Waals surface area contributed by atoms with Crippen molar-refractivity contribution in [1.82, 2.24) is 10.2 Å². The number of nitrogens with one attached hydrogen (secondary N) is 1. The van der Waals surface area contributed by atoms with Crippen molar-refractivity contribution in [3.8, 4) is 11.5 Å². The summed E-state index contributed by atoms with van der Waals surface area (Å²) in [5.41, 5.74) is 0. The Hall–Kier alpha value is -1.46. The number of piperidine rings is 1. The number of hydrogen-bond acceptors (Lipinski definition) is 4. The average Bonchev–Trinajstić information content (AvgIpc) is 2.59. The predicted molar refractivity (Wildman–Crippen MR) is 93.6 cm³/mol. The van der Waals surface area contributed by atoms with Gasteiger partial charge in [-0.05, 0) is 56.6 Å². The van der Waals surface area contributed by atoms with E-state index in [2.05, 4.69) is 5.32 Å². The van der Waals surface area contributed by atoms with Crippen LogP contribution in [0.15, 0.2) is 24.3 Å². The molecule has 1 amide bonds. The number of hydrogen-bond donors (Lipinski definition) is 1. The second kappa shape index (κ2) is 10.3. The van der Waals surface area contributed by atoms with Crippen LogP contribution < -0.4 is 14.8 Å². The van der Waals surface area contributed by atoms with E-state index < -0.39 is 0 Å². The third-order valence-electron chi connectivity index (χ3n) is 4.11. The van der Waals surface area contributed by atoms with E-state index in [4.69, 9.17) is 9.47 Å². The number of carbonyl (C=O) groups is 1. The van der Waals surface area contributed by atoms with Crippen molar-refractivity contribution < 1.29 is 14.3 Å². The summed E-state index contributed by atoms with van der Waals surface area (Å²) >= 11 is 0. The predicted octanol–water partition coefficient (Wildman–Crippen LogP) is 2.49. The molecule has 0 saturated carbocycles. The van der Waals surface area contributed by atoms with Crippen molar-refractivity contribution in [2.45, 2.75) is 31.7 Å². The third kappa shape index (κ3) is 6.28. The molecule has 130 valence electrons. The number of carbonyl (C=O) groups excluding carboxylic acids is 1. The Bertz CT molecular complexity index is 461. The first-order chi connectivity index (χ1) is 10.7. The highest BCUT2D eigenvalue weighted by Gasteiger charge is 2.21. The first kappa shape index (κ1) is 19.6. The van der Waals surface area contributed by atoms with E-state index in [1.807, 2.05) is 36.2 Å². The monoisotopic (exact) mass is 342 g/mol. The Morgan fingerprint density at radius 3 is 2.43 bits per heavy atom. The Kier molecular flexibility index (Phi) is 8.81. The van der Waals surface area contributed by atoms with Gasteiger partial charge in [-0.15, -0.1) is 12.4 Å². The Morgan fingerprint density at radius 2 is 1.83 bits per heavy atom. The first-order valence-corrected chi connectivity index (χ1v) is 7.94. The number of nitrogens with zero attached hydrogens (tertiary/aromatic N) is 1. The molecule has 0 unspecified atom stereocenters. The molecule has 0 aliphatic carbocycles. The van der Waals surface area contributed by atoms with Gasteiger partial charge in [-0.1, -0.05) is 0 Å². The van der Waals surface area contributed by atoms with E-state index in [1.54, 1.807) is 7.11 Å². The van der Waals surface area contributed by atoms with Gasteiger partial charge in [-0.2, -0.15) is 0 Å². The molecule has 5 nitrogen and oxygen atoms in total. The molecule has 0 atom stereocenters. The molecule has 2 rings (SSSR count). The second-order valence-electron chi connectivity index (χ2n) is 5.61. The van der Waals surface area contributed by atoms with Gasteiger partial charge in [-0.3, -0.25) is 4.79 Å². The zero-order valence-corrected chi connectivity index (χ0v) is 14.7. The van der Waals surface area contributed by atoms with Gasteiger partial charge in [0.15, 0.2) is 0 Å². The van der Waals surface area contributed by atoms with Crippen molar-refractivity contribution in [2.24, 2.45) is 0 Å². The molecular formula is C17H27ClN2O3. The Morgan fingerprint density at radius 1 is 1.22 bits per heavy atom. The molecule has 1 aromatic carbocycles. The average molecular weight is 343 g/mol. The number of ether oxygens (including phenoxy) is 2. The number of rotatable bonds is 7. The van der Waals surface area contributed by atoms with Crippen LogP contribution in [0.25, 0.3) is 0 Å². The van der Waals surface area contributed by atoms with Crippen molar-refractivity contribution >= 4 is 18.3 Å². The van der Waals surface area contributed by atoms with E-state index in [0.717, 1.165) is 43.9 Å². The molecule has 1 N–H and O–H groups in total. The zero-order chi connectivity index (χ0) is 15.8. The fourth-order valence-corrected chi connectivity index (χ4v) is 2.66. The van der Waals surface area contributed by atoms with Gasteiger partial charge in [0.25, 0.3) is 0 Å². The number of benzene rings is 1. The largest absolute Gasteiger partial charge is 0.497 e. The number of methoxy groups -OCH3 is 1. The maximum atomic E-state index is 12.2. The molecule has 0 spiro atoms. The highest BCUT2D eigenvalue weighted by atomic mass is 35.5. The number of amides is 1. The summed E-state index contributed by atoms with van der Waals surface area (Å²) in [5, 5.41) is 3.32. The van der Waals surface area contributed by atoms with Crippen molar-refractivity contribution in [1.29, 1.82) is 0 Å². The lowest BCUT2D eigenvalue weighted by molar-refractivity contribution is -0.132. The molecule has 1 saturated heterocycles. The van der Waals surface area contributed by atoms with Crippen LogP contribution in [0.5, 0.6) is 11.5 Å². The molecule has 0 radical (unpaired) electrons. The number of halogens is 1. The molecule has 1 heterocycles. The smallest absolute Gasteiger partial charge is 0.222 e. The summed E-state index contributed by atoms with van der Waals surface area (Å²) in [4.78, 5) is 14.1. The van der Waals surface area contributed by atoms with Crippen LogP contribution in [0.2, 0.25) is 0 Å². The summed E-state index contributed by atoms with van der Waals surface area (Å²) < 4.78 is 10.7. The molecule has 1 aliphatic heterocycles. The van der Waals surface area contributed by atoms with E-state index in [9.17, 15) is 4.79 Å². The van der Waals surface area contributed by atoms with Gasteiger partial charge in [0.1, 0.15) is 11.5 Å². The maximum absolute atomic E-state index is 12.2. The summed E-state index contributed by atoms with van der Waals surface area (Å²) in [5.74, 6) is 1.83. The molecule has 0 aromatic heterocycles. The van der Waals surface area contributed by atoms with E-state index in [1.165, 1.54) is 0 Å². The fraction of sp³-hybridized carbons (Fsp3) is 0.588. The lowest BCUT2D eigenvalue weighted by Gasteiger charge is -2.31. The van der Waals surface area contributed by atoms with Gasteiger partial charge in [-0.25, -0.2) is 0 Å². The normalized spacial score (nSPS) is 14.7. The minimum atomic E-state index is 0. The minimum Gasteiger partial charge on any atom is -0.497 e. The zero-order valence-electron chi connectivity index (χ0n) is 13.9. The van der Waals surface area contributed by atoms with Gasteiger partial charge < -0.3 is 19.7 Å². The van der Waals surface area contributed by atoms with Crippen LogP contribution in [-0.4, -0.2) is 50.7 Å². The van der Waals surface area contributed by atoms with E-state index in [-0.39, 0.29) is 18.3 Å². The highest BCUT2D eigenvalue weighted by molar-refractivity contribution is 5.85. The van der Waals surface area contributed by atoms with Crippen LogP contribution >= 0.6 is 12.4 Å². The lowest BCUT2D eigenvalue weighted by Crippen LogP contribution is -2.43. The lowest BCUT2D eigenvalue weighted by atomic mass is 10.0. The van der Waals surface area contributed by atoms with Gasteiger partial charge in [0, 0.05) is 19.5 Å². The summed E-state index contributed by atoms with van der Waals surface area (Å²) in [7, 11) is 3.56. The van der Waals surface area contributed by atoms with Crippen molar-refractivity contribution in [3.63, 3.8) is 0 Å². The third-order valence-corrected chi connectivity index (χ3v) is 4.11. The second-order valence-corrected chi connectivity index (χ2v) is 5.61. The summed E-state index contributed by atoms with van der Waals surface area (Å²) in [6.07, 6.45) is 3.37. The van der Waals surface area contributed by atoms with E-state index >= 15 is 0 Å². The summed E-state index contributed by atoms with van der Waals surface area (Å²) in [6.45, 7) is 2.56. The first-order valence-electron chi connectivity index (χ1n) is 7.94. The molecule has 23 heavy (non-hydrogen) atoms. The van der Waals surface area contributed by atoms with Gasteiger partial charge in [0.2, 0.25) is 5.91 Å². The molecular weight excluding hydrogens is 316 g/mol. The van der Waals surface area contributed by atoms with Crippen LogP contribution in [-0.2, 0) is 4.79 Å². The van der Waals surface area contributed by atoms with Gasteiger partial charge in [0.05, 0.1) is 13.7 Å². The maximum Gasteiger partial charge on any atom is 0.222 e. The van der Waals surface area contributed by atoms with Crippen LogP contribution in [0.1, 0.15) is 25.7 Å². The van der Waals surface area contributed by atoms with Crippen LogP contribution in [0.3, 0.4) is 0 Å². The highest BCUT2D eigenvalue weighted by Crippen LogP contribution is 2.17. The standard InChI is InChI=1S/C17H26N2O3.ClH/c1-19(14-9-11-18-12-10-14)17(20)4-3-13-22-16-7-5-15(21-2)6-8-16;/h5-8,14,18H,3-4,9-13H2,1-2H3;1H. The summed E-state index contributed by atoms with van der Waals surface area (Å²) in [6, 6.07) is 7.87. The fourth-order valence-electron chi connectivity index (χ4n) is 2.66. The Labute approximate surface area is 144 Å². The SMILES string of the molecule is COc1ccc(OCCCC(=O)N(C)C2CCNCC2)cc1.Cl. The minimum absolute atomic E-state index is 0. The topological polar surface area (TPSA) is 50.8 Å². The van der Waals surface area contributed by atoms with Gasteiger partial charge >= 0.3 is 0 Å². The quantitative estimate of drug-likeness (QED) is 0.773. The molecule has 1 aliphatic rings. The molecule has 1 fully saturated rings. The van der Waals surface area contributed by atoms with Crippen molar-refractivity contribution in [2.75, 3.05) is 33.9 Å². The van der Waals surface area contributed by atoms with E-state index in [0.29, 0.717) is 19.1 Å². The molecule has 0 bridgehead atoms. The Balaban J connectivity index is 0.00000264. The van der Waals surface area contributed by atoms with Crippen LogP contribution in [0.4, 0.5) is 0 Å². The molecule has 1 aromatic rings. The van der Waals surface area contributed by atoms with Crippen LogP contribution in [0, 0.1) is 0 Å². The van der Waals surface area contributed by atoms with Crippen molar-refractivity contribution in [3.05, 3.63) is 24.3 Å². The molecule has 6 heteroatoms.